The molecule has 0 spiro atoms. The highest BCUT2D eigenvalue weighted by Crippen LogP contribution is 2.31. The molecule has 12 heavy (non-hydrogen) atoms. The monoisotopic (exact) mass is 224 g/mol. The predicted molar refractivity (Wildman–Crippen MR) is 55.5 cm³/mol. The molecule has 66 valence electrons. The second-order valence-electron chi connectivity index (χ2n) is 2.49. The van der Waals surface area contributed by atoms with Gasteiger partial charge in [-0.25, -0.2) is 0 Å². The largest absolute Gasteiger partial charge is 0.0826 e. The van der Waals surface area contributed by atoms with Gasteiger partial charge in [0.2, 0.25) is 0 Å². The summed E-state index contributed by atoms with van der Waals surface area (Å²) in [5, 5.41) is 1.28. The number of hydrogen-bond donors (Lipinski definition) is 0. The van der Waals surface area contributed by atoms with Crippen LogP contribution < -0.4 is 0 Å². The molecule has 1 aromatic carbocycles. The molecule has 0 bridgehead atoms. The Balaban J connectivity index is 2.99. The zero-order valence-corrected chi connectivity index (χ0v) is 8.84. The van der Waals surface area contributed by atoms with Crippen LogP contribution in [0.1, 0.15) is 20.3 Å². The predicted octanol–water partition coefficient (Wildman–Crippen LogP) is 4.60. The van der Waals surface area contributed by atoms with Crippen LogP contribution in [-0.2, 0) is 6.42 Å². The maximum atomic E-state index is 7.39. The van der Waals surface area contributed by atoms with Crippen molar-refractivity contribution in [2.45, 2.75) is 19.7 Å². The van der Waals surface area contributed by atoms with E-state index in [-0.39, 0.29) is 6.40 Å². The minimum atomic E-state index is -0.159. The first-order valence-electron chi connectivity index (χ1n) is 4.14. The standard InChI is InChI=1S/C9H9Cl3/c1-2-3-6-4-7(10)9(12)8(11)5-6/h4-5H,2-3H2,1H3/i2T. The highest BCUT2D eigenvalue weighted by Gasteiger charge is 2.04. The third kappa shape index (κ3) is 2.29. The number of halogens is 3. The van der Waals surface area contributed by atoms with Gasteiger partial charge in [0.15, 0.2) is 0 Å². The van der Waals surface area contributed by atoms with Crippen molar-refractivity contribution in [2.24, 2.45) is 0 Å². The molecule has 0 amide bonds. The van der Waals surface area contributed by atoms with Gasteiger partial charge in [-0.2, -0.15) is 0 Å². The molecule has 1 atom stereocenters. The van der Waals surface area contributed by atoms with E-state index in [9.17, 15) is 0 Å². The topological polar surface area (TPSA) is 0 Å². The van der Waals surface area contributed by atoms with Gasteiger partial charge in [0.1, 0.15) is 0 Å². The molecule has 0 heterocycles. The van der Waals surface area contributed by atoms with Crippen LogP contribution in [0.2, 0.25) is 15.1 Å². The molecule has 0 aliphatic carbocycles. The molecular formula is C9H9Cl3. The Hall–Kier alpha value is 0.0900. The third-order valence-corrected chi connectivity index (χ3v) is 2.68. The van der Waals surface area contributed by atoms with Gasteiger partial charge in [-0.05, 0) is 24.1 Å². The molecule has 0 aromatic heterocycles. The van der Waals surface area contributed by atoms with E-state index < -0.39 is 0 Å². The molecule has 1 unspecified atom stereocenters. The Bertz CT molecular complexity index is 287. The summed E-state index contributed by atoms with van der Waals surface area (Å²) in [5.41, 5.74) is 0.946. The van der Waals surface area contributed by atoms with Gasteiger partial charge in [-0.3, -0.25) is 0 Å². The highest BCUT2D eigenvalue weighted by atomic mass is 35.5. The Labute approximate surface area is 88.8 Å². The van der Waals surface area contributed by atoms with E-state index in [0.717, 1.165) is 5.56 Å². The second-order valence-corrected chi connectivity index (χ2v) is 3.68. The molecule has 0 N–H and O–H groups in total. The second kappa shape index (κ2) is 4.36. The maximum absolute atomic E-state index is 7.39. The molecule has 0 radical (unpaired) electrons. The molecule has 0 fully saturated rings. The molecule has 1 rings (SSSR count). The maximum Gasteiger partial charge on any atom is 0.0778 e. The first-order chi connectivity index (χ1) is 6.00. The minimum Gasteiger partial charge on any atom is -0.0826 e. The van der Waals surface area contributed by atoms with Gasteiger partial charge in [-0.1, -0.05) is 48.1 Å². The van der Waals surface area contributed by atoms with Gasteiger partial charge in [-0.15, -0.1) is 0 Å². The molecular weight excluding hydrogens is 214 g/mol. The zero-order valence-electron chi connectivity index (χ0n) is 7.57. The molecule has 1 aromatic rings. The van der Waals surface area contributed by atoms with E-state index in [4.69, 9.17) is 36.2 Å². The van der Waals surface area contributed by atoms with E-state index in [2.05, 4.69) is 0 Å². The number of benzene rings is 1. The fourth-order valence-corrected chi connectivity index (χ4v) is 1.60. The lowest BCUT2D eigenvalue weighted by Crippen LogP contribution is -1.83. The van der Waals surface area contributed by atoms with Crippen LogP contribution in [0.25, 0.3) is 0 Å². The van der Waals surface area contributed by atoms with Crippen molar-refractivity contribution in [3.8, 4) is 0 Å². The van der Waals surface area contributed by atoms with Gasteiger partial charge >= 0.3 is 0 Å². The van der Waals surface area contributed by atoms with E-state index in [0.29, 0.717) is 21.5 Å². The van der Waals surface area contributed by atoms with Gasteiger partial charge < -0.3 is 0 Å². The molecule has 0 aliphatic heterocycles. The first-order valence-corrected chi connectivity index (χ1v) is 4.69. The minimum absolute atomic E-state index is 0.159. The summed E-state index contributed by atoms with van der Waals surface area (Å²) in [6, 6.07) is 3.50. The number of hydrogen-bond acceptors (Lipinski definition) is 0. The van der Waals surface area contributed by atoms with Crippen molar-refractivity contribution < 1.29 is 1.37 Å². The highest BCUT2D eigenvalue weighted by molar-refractivity contribution is 6.48. The summed E-state index contributed by atoms with van der Waals surface area (Å²) in [4.78, 5) is 0. The summed E-state index contributed by atoms with van der Waals surface area (Å²) in [6.45, 7) is 1.82. The van der Waals surface area contributed by atoms with E-state index in [1.54, 1.807) is 12.1 Å². The summed E-state index contributed by atoms with van der Waals surface area (Å²) in [5.74, 6) is 0. The van der Waals surface area contributed by atoms with Crippen molar-refractivity contribution in [3.63, 3.8) is 0 Å². The van der Waals surface area contributed by atoms with Crippen molar-refractivity contribution in [1.29, 1.82) is 0 Å². The average Bonchev–Trinajstić information content (AvgIpc) is 1.98. The average molecular weight is 226 g/mol. The van der Waals surface area contributed by atoms with E-state index in [1.165, 1.54) is 0 Å². The molecule has 0 saturated heterocycles. The van der Waals surface area contributed by atoms with Crippen LogP contribution in [0.3, 0.4) is 0 Å². The summed E-state index contributed by atoms with van der Waals surface area (Å²) >= 11 is 17.4. The summed E-state index contributed by atoms with van der Waals surface area (Å²) in [7, 11) is 0. The summed E-state index contributed by atoms with van der Waals surface area (Å²) in [6.07, 6.45) is 0.477. The van der Waals surface area contributed by atoms with Crippen molar-refractivity contribution >= 4 is 34.8 Å². The lowest BCUT2D eigenvalue weighted by atomic mass is 10.1. The quantitative estimate of drug-likeness (QED) is 0.645. The molecule has 0 saturated carbocycles. The van der Waals surface area contributed by atoms with Crippen LogP contribution in [-0.4, -0.2) is 0 Å². The number of rotatable bonds is 2. The zero-order chi connectivity index (χ0) is 10.0. The number of aryl methyl sites for hydroxylation is 1. The first kappa shape index (κ1) is 8.68. The van der Waals surface area contributed by atoms with Crippen LogP contribution in [0.5, 0.6) is 0 Å². The van der Waals surface area contributed by atoms with Crippen LogP contribution in [0.15, 0.2) is 12.1 Å². The smallest absolute Gasteiger partial charge is 0.0778 e. The molecule has 0 aliphatic rings. The Morgan fingerprint density at radius 3 is 2.17 bits per heavy atom. The van der Waals surface area contributed by atoms with Crippen molar-refractivity contribution in [3.05, 3.63) is 32.8 Å². The lowest BCUT2D eigenvalue weighted by molar-refractivity contribution is 0.922. The van der Waals surface area contributed by atoms with Gasteiger partial charge in [0.25, 0.3) is 0 Å². The summed E-state index contributed by atoms with van der Waals surface area (Å²) < 4.78 is 7.39. The van der Waals surface area contributed by atoms with Crippen molar-refractivity contribution in [2.75, 3.05) is 0 Å². The molecule has 3 heteroatoms. The Kier molecular flexibility index (Phi) is 3.15. The fourth-order valence-electron chi connectivity index (χ4n) is 0.962. The van der Waals surface area contributed by atoms with Crippen LogP contribution in [0, 0.1) is 0 Å². The van der Waals surface area contributed by atoms with Crippen molar-refractivity contribution in [1.82, 2.24) is 0 Å². The van der Waals surface area contributed by atoms with Gasteiger partial charge in [0, 0.05) is 1.37 Å². The fraction of sp³-hybridized carbons (Fsp3) is 0.333. The lowest BCUT2D eigenvalue weighted by Gasteiger charge is -2.03. The van der Waals surface area contributed by atoms with E-state index in [1.807, 2.05) is 6.92 Å². The van der Waals surface area contributed by atoms with Crippen LogP contribution >= 0.6 is 34.8 Å². The SMILES string of the molecule is [3H]C(C)Cc1cc(Cl)c(Cl)c(Cl)c1. The normalized spacial score (nSPS) is 14.2. The Morgan fingerprint density at radius 1 is 1.25 bits per heavy atom. The van der Waals surface area contributed by atoms with Crippen LogP contribution in [0.4, 0.5) is 0 Å². The van der Waals surface area contributed by atoms with Gasteiger partial charge in [0.05, 0.1) is 15.1 Å². The van der Waals surface area contributed by atoms with E-state index >= 15 is 0 Å². The Morgan fingerprint density at radius 2 is 1.75 bits per heavy atom. The third-order valence-electron chi connectivity index (χ3n) is 1.48. The molecule has 0 nitrogen and oxygen atoms in total.